The Hall–Kier alpha value is -1.26. The van der Waals surface area contributed by atoms with Crippen molar-refractivity contribution in [3.05, 3.63) is 23.4 Å². The molecule has 18 heavy (non-hydrogen) atoms. The van der Waals surface area contributed by atoms with Crippen molar-refractivity contribution in [3.8, 4) is 0 Å². The van der Waals surface area contributed by atoms with E-state index in [1.807, 2.05) is 18.7 Å². The van der Waals surface area contributed by atoms with Crippen LogP contribution in [0.4, 0.5) is 13.2 Å². The number of ketones is 1. The summed E-state index contributed by atoms with van der Waals surface area (Å²) in [5, 5.41) is 0. The molecule has 0 aromatic heterocycles. The lowest BCUT2D eigenvalue weighted by atomic mass is 10.0. The number of Topliss-reactive ketones (excluding diaryl/α,β-unsaturated/α-hetero) is 1. The smallest absolute Gasteiger partial charge is 0.371 e. The summed E-state index contributed by atoms with van der Waals surface area (Å²) >= 11 is 0. The van der Waals surface area contributed by atoms with Crippen LogP contribution in [-0.4, -0.2) is 29.9 Å². The lowest BCUT2D eigenvalue weighted by molar-refractivity contribution is -0.166. The summed E-state index contributed by atoms with van der Waals surface area (Å²) in [7, 11) is 0. The Balaban J connectivity index is 3.10. The van der Waals surface area contributed by atoms with Gasteiger partial charge in [0.1, 0.15) is 0 Å². The molecule has 0 atom stereocenters. The molecule has 102 valence electrons. The van der Waals surface area contributed by atoms with E-state index < -0.39 is 12.0 Å². The van der Waals surface area contributed by atoms with Gasteiger partial charge in [-0.05, 0) is 12.8 Å². The molecule has 0 saturated heterocycles. The highest BCUT2D eigenvalue weighted by Gasteiger charge is 2.41. The zero-order chi connectivity index (χ0) is 13.8. The summed E-state index contributed by atoms with van der Waals surface area (Å²) in [6.45, 7) is 5.12. The minimum atomic E-state index is -4.80. The molecule has 2 nitrogen and oxygen atoms in total. The van der Waals surface area contributed by atoms with Crippen LogP contribution >= 0.6 is 0 Å². The Morgan fingerprint density at radius 1 is 1.33 bits per heavy atom. The number of allylic oxidation sites excluding steroid dienone is 3. The van der Waals surface area contributed by atoms with Crippen LogP contribution in [0.25, 0.3) is 0 Å². The number of nitrogens with zero attached hydrogens (tertiary/aromatic N) is 1. The van der Waals surface area contributed by atoms with Crippen LogP contribution in [0.5, 0.6) is 0 Å². The predicted molar refractivity (Wildman–Crippen MR) is 64.0 cm³/mol. The highest BCUT2D eigenvalue weighted by molar-refractivity contribution is 6.02. The van der Waals surface area contributed by atoms with E-state index in [9.17, 15) is 18.0 Å². The van der Waals surface area contributed by atoms with Crippen LogP contribution in [0.1, 0.15) is 33.1 Å². The molecule has 0 spiro atoms. The van der Waals surface area contributed by atoms with Gasteiger partial charge in [0.05, 0.1) is 0 Å². The molecule has 1 aliphatic heterocycles. The Morgan fingerprint density at radius 2 is 2.00 bits per heavy atom. The van der Waals surface area contributed by atoms with Crippen LogP contribution in [-0.2, 0) is 4.79 Å². The van der Waals surface area contributed by atoms with Gasteiger partial charge in [-0.25, -0.2) is 0 Å². The van der Waals surface area contributed by atoms with Gasteiger partial charge < -0.3 is 4.90 Å². The molecule has 0 aromatic carbocycles. The molecule has 5 heteroatoms. The summed E-state index contributed by atoms with van der Waals surface area (Å²) < 4.78 is 37.6. The van der Waals surface area contributed by atoms with Crippen LogP contribution in [0, 0.1) is 0 Å². The molecular formula is C13H18F3NO. The van der Waals surface area contributed by atoms with Gasteiger partial charge in [0.15, 0.2) is 0 Å². The highest BCUT2D eigenvalue weighted by atomic mass is 19.4. The summed E-state index contributed by atoms with van der Waals surface area (Å²) in [5.74, 6) is -1.73. The van der Waals surface area contributed by atoms with Crippen molar-refractivity contribution in [3.63, 3.8) is 0 Å². The summed E-state index contributed by atoms with van der Waals surface area (Å²) in [4.78, 5) is 13.3. The van der Waals surface area contributed by atoms with E-state index in [1.54, 1.807) is 6.08 Å². The average Bonchev–Trinajstić information content (AvgIpc) is 2.30. The molecular weight excluding hydrogens is 243 g/mol. The van der Waals surface area contributed by atoms with Gasteiger partial charge in [0, 0.05) is 24.4 Å². The number of carbonyl (C=O) groups is 1. The van der Waals surface area contributed by atoms with Gasteiger partial charge in [-0.15, -0.1) is 0 Å². The molecule has 1 aliphatic rings. The van der Waals surface area contributed by atoms with E-state index in [2.05, 4.69) is 0 Å². The Morgan fingerprint density at radius 3 is 2.50 bits per heavy atom. The average molecular weight is 261 g/mol. The van der Waals surface area contributed by atoms with Crippen molar-refractivity contribution in [1.82, 2.24) is 4.90 Å². The van der Waals surface area contributed by atoms with E-state index in [4.69, 9.17) is 0 Å². The first-order valence-electron chi connectivity index (χ1n) is 6.18. The number of hydrogen-bond donors (Lipinski definition) is 0. The molecule has 1 rings (SSSR count). The monoisotopic (exact) mass is 261 g/mol. The van der Waals surface area contributed by atoms with E-state index in [0.29, 0.717) is 25.2 Å². The molecule has 0 saturated carbocycles. The number of carbonyl (C=O) groups excluding carboxylic acids is 1. The lowest BCUT2D eigenvalue weighted by Crippen LogP contribution is -2.33. The minimum Gasteiger partial charge on any atom is -0.371 e. The Kier molecular flexibility index (Phi) is 4.99. The maximum absolute atomic E-state index is 12.5. The topological polar surface area (TPSA) is 20.3 Å². The third kappa shape index (κ3) is 3.37. The summed E-state index contributed by atoms with van der Waals surface area (Å²) in [5.41, 5.74) is 0.341. The largest absolute Gasteiger partial charge is 0.454 e. The second-order valence-electron chi connectivity index (χ2n) is 4.29. The van der Waals surface area contributed by atoms with Crippen molar-refractivity contribution < 1.29 is 18.0 Å². The molecule has 0 amide bonds. The molecule has 0 aliphatic carbocycles. The standard InChI is InChI=1S/C13H18F3NO/c1-3-6-11-10(12(18)13(14,15)16)7-5-9-17(11)8-4-2/h5,7H,3-4,6,8-9H2,1-2H3. The summed E-state index contributed by atoms with van der Waals surface area (Å²) in [6.07, 6.45) is 0.197. The van der Waals surface area contributed by atoms with Crippen molar-refractivity contribution >= 4 is 5.78 Å². The fraction of sp³-hybridized carbons (Fsp3) is 0.615. The van der Waals surface area contributed by atoms with Gasteiger partial charge in [0.25, 0.3) is 5.78 Å². The molecule has 0 unspecified atom stereocenters. The van der Waals surface area contributed by atoms with Crippen LogP contribution in [0.15, 0.2) is 23.4 Å². The van der Waals surface area contributed by atoms with Crippen LogP contribution in [0.3, 0.4) is 0 Å². The second kappa shape index (κ2) is 6.07. The van der Waals surface area contributed by atoms with Crippen molar-refractivity contribution in [2.75, 3.05) is 13.1 Å². The van der Waals surface area contributed by atoms with Gasteiger partial charge >= 0.3 is 6.18 Å². The van der Waals surface area contributed by atoms with Gasteiger partial charge in [-0.2, -0.15) is 13.2 Å². The number of alkyl halides is 3. The third-order valence-corrected chi connectivity index (χ3v) is 2.79. The van der Waals surface area contributed by atoms with Gasteiger partial charge in [0.2, 0.25) is 0 Å². The Labute approximate surface area is 105 Å². The Bertz CT molecular complexity index is 369. The first-order valence-corrected chi connectivity index (χ1v) is 6.18. The van der Waals surface area contributed by atoms with Crippen molar-refractivity contribution in [1.29, 1.82) is 0 Å². The zero-order valence-corrected chi connectivity index (χ0v) is 10.7. The maximum Gasteiger partial charge on any atom is 0.454 e. The zero-order valence-electron chi connectivity index (χ0n) is 10.7. The SMILES string of the molecule is CCCC1=C(C(=O)C(F)(F)F)C=CCN1CCC. The van der Waals surface area contributed by atoms with Crippen LogP contribution in [0.2, 0.25) is 0 Å². The number of hydrogen-bond acceptors (Lipinski definition) is 2. The second-order valence-corrected chi connectivity index (χ2v) is 4.29. The fourth-order valence-electron chi connectivity index (χ4n) is 2.06. The lowest BCUT2D eigenvalue weighted by Gasteiger charge is -2.30. The van der Waals surface area contributed by atoms with Gasteiger partial charge in [-0.1, -0.05) is 32.4 Å². The molecule has 1 heterocycles. The molecule has 0 fully saturated rings. The number of rotatable bonds is 5. The quantitative estimate of drug-likeness (QED) is 0.755. The van der Waals surface area contributed by atoms with Crippen molar-refractivity contribution in [2.24, 2.45) is 0 Å². The predicted octanol–water partition coefficient (Wildman–Crippen LogP) is 3.45. The first kappa shape index (κ1) is 14.8. The normalized spacial score (nSPS) is 16.4. The van der Waals surface area contributed by atoms with E-state index in [-0.39, 0.29) is 5.57 Å². The fourth-order valence-corrected chi connectivity index (χ4v) is 2.06. The van der Waals surface area contributed by atoms with Gasteiger partial charge in [-0.3, -0.25) is 4.79 Å². The van der Waals surface area contributed by atoms with Crippen LogP contribution < -0.4 is 0 Å². The first-order chi connectivity index (χ1) is 8.41. The number of halogens is 3. The van der Waals surface area contributed by atoms with E-state index in [0.717, 1.165) is 12.8 Å². The summed E-state index contributed by atoms with van der Waals surface area (Å²) in [6, 6.07) is 0. The maximum atomic E-state index is 12.5. The minimum absolute atomic E-state index is 0.191. The molecule has 0 bridgehead atoms. The molecule has 0 radical (unpaired) electrons. The van der Waals surface area contributed by atoms with E-state index >= 15 is 0 Å². The van der Waals surface area contributed by atoms with Crippen molar-refractivity contribution in [2.45, 2.75) is 39.3 Å². The van der Waals surface area contributed by atoms with E-state index in [1.165, 1.54) is 6.08 Å². The molecule has 0 N–H and O–H groups in total. The molecule has 0 aromatic rings. The third-order valence-electron chi connectivity index (χ3n) is 2.79. The highest BCUT2D eigenvalue weighted by Crippen LogP contribution is 2.28.